The van der Waals surface area contributed by atoms with E-state index in [1.165, 1.54) is 12.1 Å². The number of anilines is 1. The molecule has 0 aromatic heterocycles. The van der Waals surface area contributed by atoms with Crippen molar-refractivity contribution >= 4 is 21.6 Å². The number of hydrogen-bond acceptors (Lipinski definition) is 4. The molecule has 1 N–H and O–H groups in total. The number of carbonyl (C=O) groups excluding carboxylic acids is 1. The van der Waals surface area contributed by atoms with E-state index < -0.39 is 27.8 Å². The Balaban J connectivity index is 2.05. The maximum absolute atomic E-state index is 13.3. The zero-order chi connectivity index (χ0) is 22.3. The van der Waals surface area contributed by atoms with Crippen LogP contribution in [0.4, 0.5) is 10.1 Å². The first kappa shape index (κ1) is 23.7. The number of hydrogen-bond donors (Lipinski definition) is 1. The normalized spacial score (nSPS) is 12.5. The van der Waals surface area contributed by atoms with E-state index in [4.69, 9.17) is 4.74 Å². The minimum absolute atomic E-state index is 0.225. The van der Waals surface area contributed by atoms with Crippen molar-refractivity contribution in [3.63, 3.8) is 0 Å². The zero-order valence-electron chi connectivity index (χ0n) is 17.8. The molecule has 1 amide bonds. The summed E-state index contributed by atoms with van der Waals surface area (Å²) in [5.41, 5.74) is 1.32. The molecule has 8 heteroatoms. The van der Waals surface area contributed by atoms with Gasteiger partial charge in [0.2, 0.25) is 15.9 Å². The summed E-state index contributed by atoms with van der Waals surface area (Å²) in [6.45, 7) is 6.35. The summed E-state index contributed by atoms with van der Waals surface area (Å²) >= 11 is 0. The maximum atomic E-state index is 13.3. The molecule has 2 rings (SSSR count). The van der Waals surface area contributed by atoms with E-state index in [1.807, 2.05) is 24.3 Å². The monoisotopic (exact) mass is 436 g/mol. The summed E-state index contributed by atoms with van der Waals surface area (Å²) in [7, 11) is -3.76. The van der Waals surface area contributed by atoms with Gasteiger partial charge in [0.15, 0.2) is 0 Å². The lowest BCUT2D eigenvalue weighted by molar-refractivity contribution is -0.122. The summed E-state index contributed by atoms with van der Waals surface area (Å²) in [5.74, 6) is 0.147. The van der Waals surface area contributed by atoms with Gasteiger partial charge in [0, 0.05) is 0 Å². The van der Waals surface area contributed by atoms with Gasteiger partial charge in [0.25, 0.3) is 0 Å². The van der Waals surface area contributed by atoms with Crippen molar-refractivity contribution in [2.75, 3.05) is 23.7 Å². The average Bonchev–Trinajstić information content (AvgIpc) is 2.69. The highest BCUT2D eigenvalue weighted by atomic mass is 32.2. The van der Waals surface area contributed by atoms with E-state index in [0.717, 1.165) is 34.0 Å². The molecule has 0 spiro atoms. The topological polar surface area (TPSA) is 75.7 Å². The van der Waals surface area contributed by atoms with E-state index >= 15 is 0 Å². The number of amides is 1. The number of carbonyl (C=O) groups is 1. The van der Waals surface area contributed by atoms with Gasteiger partial charge in [0.1, 0.15) is 24.2 Å². The molecule has 6 nitrogen and oxygen atoms in total. The Morgan fingerprint density at radius 1 is 1.13 bits per heavy atom. The number of nitrogens with one attached hydrogen (secondary N) is 1. The van der Waals surface area contributed by atoms with E-state index in [9.17, 15) is 17.6 Å². The molecule has 0 aliphatic carbocycles. The van der Waals surface area contributed by atoms with Gasteiger partial charge in [-0.15, -0.1) is 0 Å². The molecule has 2 aromatic rings. The van der Waals surface area contributed by atoms with Gasteiger partial charge < -0.3 is 10.1 Å². The Hall–Kier alpha value is -2.61. The van der Waals surface area contributed by atoms with Crippen LogP contribution in [0.1, 0.15) is 38.7 Å². The Morgan fingerprint density at radius 2 is 1.77 bits per heavy atom. The van der Waals surface area contributed by atoms with Crippen LogP contribution in [-0.4, -0.2) is 39.8 Å². The molecular weight excluding hydrogens is 407 g/mol. The van der Waals surface area contributed by atoms with Gasteiger partial charge in [-0.3, -0.25) is 9.10 Å². The molecule has 0 fully saturated rings. The number of nitrogens with zero attached hydrogens (tertiary/aromatic N) is 1. The van der Waals surface area contributed by atoms with Crippen LogP contribution in [0.15, 0.2) is 48.5 Å². The first-order valence-electron chi connectivity index (χ1n) is 9.89. The van der Waals surface area contributed by atoms with Crippen LogP contribution in [0.3, 0.4) is 0 Å². The summed E-state index contributed by atoms with van der Waals surface area (Å²) < 4.78 is 44.8. The lowest BCUT2D eigenvalue weighted by Gasteiger charge is -2.30. The predicted octanol–water partition coefficient (Wildman–Crippen LogP) is 3.69. The molecule has 0 bridgehead atoms. The molecule has 0 aliphatic heterocycles. The van der Waals surface area contributed by atoms with E-state index in [0.29, 0.717) is 5.92 Å². The fourth-order valence-electron chi connectivity index (χ4n) is 3.19. The van der Waals surface area contributed by atoms with Crippen LogP contribution < -0.4 is 14.4 Å². The summed E-state index contributed by atoms with van der Waals surface area (Å²) in [6.07, 6.45) is 1.28. The Labute approximate surface area is 178 Å². The summed E-state index contributed by atoms with van der Waals surface area (Å²) in [4.78, 5) is 12.7. The Kier molecular flexibility index (Phi) is 8.23. The quantitative estimate of drug-likeness (QED) is 0.577. The van der Waals surface area contributed by atoms with Crippen molar-refractivity contribution in [3.8, 4) is 5.75 Å². The zero-order valence-corrected chi connectivity index (χ0v) is 18.6. The van der Waals surface area contributed by atoms with Gasteiger partial charge in [-0.25, -0.2) is 12.8 Å². The van der Waals surface area contributed by atoms with Gasteiger partial charge in [-0.1, -0.05) is 39.0 Å². The number of ether oxygens (including phenoxy) is 1. The molecule has 0 aliphatic rings. The van der Waals surface area contributed by atoms with Crippen LogP contribution in [0.2, 0.25) is 0 Å². The first-order valence-corrected chi connectivity index (χ1v) is 11.7. The second-order valence-corrected chi connectivity index (χ2v) is 9.15. The number of benzene rings is 2. The molecule has 0 heterocycles. The molecule has 164 valence electrons. The molecular formula is C22H29FN2O4S. The summed E-state index contributed by atoms with van der Waals surface area (Å²) in [6, 6.07) is 11.8. The van der Waals surface area contributed by atoms with Crippen molar-refractivity contribution < 1.29 is 22.3 Å². The standard InChI is InChI=1S/C22H29FN2O4S/c1-5-20(25(30(4,27)28)18-12-10-17(23)11-13-18)22(26)24-14-15-29-21-9-7-6-8-19(21)16(2)3/h6-13,16,20H,5,14-15H2,1-4H3,(H,24,26). The van der Waals surface area contributed by atoms with Crippen LogP contribution in [0, 0.1) is 5.82 Å². The van der Waals surface area contributed by atoms with E-state index in [2.05, 4.69) is 19.2 Å². The SMILES string of the molecule is CCC(C(=O)NCCOc1ccccc1C(C)C)N(c1ccc(F)cc1)S(C)(=O)=O. The third-order valence-corrected chi connectivity index (χ3v) is 5.79. The highest BCUT2D eigenvalue weighted by Crippen LogP contribution is 2.26. The van der Waals surface area contributed by atoms with Gasteiger partial charge in [-0.05, 0) is 48.2 Å². The van der Waals surface area contributed by atoms with Gasteiger partial charge in [-0.2, -0.15) is 0 Å². The average molecular weight is 437 g/mol. The van der Waals surface area contributed by atoms with Crippen LogP contribution in [0.5, 0.6) is 5.75 Å². The second kappa shape index (κ2) is 10.4. The van der Waals surface area contributed by atoms with Crippen molar-refractivity contribution in [2.24, 2.45) is 0 Å². The molecule has 30 heavy (non-hydrogen) atoms. The van der Waals surface area contributed by atoms with Crippen molar-refractivity contribution in [1.29, 1.82) is 0 Å². The molecule has 0 radical (unpaired) electrons. The van der Waals surface area contributed by atoms with E-state index in [1.54, 1.807) is 6.92 Å². The van der Waals surface area contributed by atoms with Crippen LogP contribution in [-0.2, 0) is 14.8 Å². The fourth-order valence-corrected chi connectivity index (χ4v) is 4.40. The highest BCUT2D eigenvalue weighted by molar-refractivity contribution is 7.92. The molecule has 0 saturated heterocycles. The number of rotatable bonds is 10. The molecule has 1 unspecified atom stereocenters. The Bertz CT molecular complexity index is 946. The lowest BCUT2D eigenvalue weighted by atomic mass is 10.0. The lowest BCUT2D eigenvalue weighted by Crippen LogP contribution is -2.50. The van der Waals surface area contributed by atoms with Gasteiger partial charge in [0.05, 0.1) is 18.5 Å². The van der Waals surface area contributed by atoms with Crippen molar-refractivity contribution in [2.45, 2.75) is 39.2 Å². The minimum Gasteiger partial charge on any atom is -0.491 e. The number of para-hydroxylation sites is 1. The minimum atomic E-state index is -3.76. The first-order chi connectivity index (χ1) is 14.1. The largest absolute Gasteiger partial charge is 0.491 e. The molecule has 0 saturated carbocycles. The smallest absolute Gasteiger partial charge is 0.244 e. The Morgan fingerprint density at radius 3 is 2.33 bits per heavy atom. The van der Waals surface area contributed by atoms with Crippen LogP contribution >= 0.6 is 0 Å². The second-order valence-electron chi connectivity index (χ2n) is 7.29. The third kappa shape index (κ3) is 6.19. The number of sulfonamides is 1. The van der Waals surface area contributed by atoms with Crippen LogP contribution in [0.25, 0.3) is 0 Å². The molecule has 1 atom stereocenters. The maximum Gasteiger partial charge on any atom is 0.244 e. The number of halogens is 1. The third-order valence-electron chi connectivity index (χ3n) is 4.61. The highest BCUT2D eigenvalue weighted by Gasteiger charge is 2.31. The van der Waals surface area contributed by atoms with Crippen molar-refractivity contribution in [3.05, 3.63) is 59.9 Å². The molecule has 2 aromatic carbocycles. The fraction of sp³-hybridized carbons (Fsp3) is 0.409. The summed E-state index contributed by atoms with van der Waals surface area (Å²) in [5, 5.41) is 2.74. The van der Waals surface area contributed by atoms with Crippen molar-refractivity contribution in [1.82, 2.24) is 5.32 Å². The van der Waals surface area contributed by atoms with Gasteiger partial charge >= 0.3 is 0 Å². The van der Waals surface area contributed by atoms with E-state index in [-0.39, 0.29) is 25.3 Å². The predicted molar refractivity (Wildman–Crippen MR) is 117 cm³/mol.